The van der Waals surface area contributed by atoms with Crippen LogP contribution in [0.4, 0.5) is 11.4 Å². The van der Waals surface area contributed by atoms with Crippen molar-refractivity contribution in [1.82, 2.24) is 21.4 Å². The molecule has 1 aliphatic rings. The number of carbonyl (C=O) groups is 4. The molecule has 0 saturated heterocycles. The standard InChI is InChI=1S/C27H26Cl2N8O5/c28-18-7-16(13-4-5-15-10-34-37-20(15)9-13)8-19(29)23(18)25(40)36-21(26(41)42)11-32-22(38)12-33-24(39)14-2-1-3-17(6-14)35-27(30)31/h1-9,21,34,37H,10-12H2,(H,32,38)(H,33,39)(H,36,40)(H,41,42)(H4,30,31,35)/t21-/m0/s1. The molecule has 0 radical (unpaired) electrons. The Kier molecular flexibility index (Phi) is 9.47. The summed E-state index contributed by atoms with van der Waals surface area (Å²) in [6.07, 6.45) is 0. The van der Waals surface area contributed by atoms with Crippen molar-refractivity contribution in [2.75, 3.05) is 23.8 Å². The SMILES string of the molecule is N=C(N)Nc1cccc(C(=O)NCC(=O)NC[C@H](NC(=O)c2c(Cl)cc(-c3ccc4c(c3)NNC4)cc2Cl)C(=O)O)c1. The molecule has 3 aromatic carbocycles. The number of guanidine groups is 1. The number of rotatable bonds is 10. The molecular weight excluding hydrogens is 587 g/mol. The van der Waals surface area contributed by atoms with Gasteiger partial charge in [0.1, 0.15) is 6.04 Å². The lowest BCUT2D eigenvalue weighted by Gasteiger charge is -2.17. The third-order valence-corrected chi connectivity index (χ3v) is 6.73. The predicted molar refractivity (Wildman–Crippen MR) is 159 cm³/mol. The van der Waals surface area contributed by atoms with E-state index in [1.165, 1.54) is 12.1 Å². The number of amides is 3. The minimum absolute atomic E-state index is 0.0139. The summed E-state index contributed by atoms with van der Waals surface area (Å²) < 4.78 is 0. The number of carboxylic acids is 1. The van der Waals surface area contributed by atoms with E-state index < -0.39 is 42.8 Å². The molecular formula is C27H26Cl2N8O5. The maximum atomic E-state index is 13.0. The van der Waals surface area contributed by atoms with Crippen LogP contribution in [0, 0.1) is 5.41 Å². The van der Waals surface area contributed by atoms with Crippen molar-refractivity contribution in [1.29, 1.82) is 5.41 Å². The number of nitrogens with one attached hydrogen (secondary N) is 7. The van der Waals surface area contributed by atoms with Crippen molar-refractivity contribution in [2.24, 2.45) is 5.73 Å². The van der Waals surface area contributed by atoms with E-state index in [0.717, 1.165) is 16.8 Å². The van der Waals surface area contributed by atoms with E-state index in [9.17, 15) is 24.3 Å². The van der Waals surface area contributed by atoms with Crippen LogP contribution in [0.25, 0.3) is 11.1 Å². The molecule has 13 nitrogen and oxygen atoms in total. The van der Waals surface area contributed by atoms with E-state index in [4.69, 9.17) is 34.3 Å². The van der Waals surface area contributed by atoms with Gasteiger partial charge < -0.3 is 37.5 Å². The van der Waals surface area contributed by atoms with Gasteiger partial charge in [0.25, 0.3) is 11.8 Å². The summed E-state index contributed by atoms with van der Waals surface area (Å²) in [5.74, 6) is -3.84. The van der Waals surface area contributed by atoms with Crippen LogP contribution in [0.2, 0.25) is 10.0 Å². The molecule has 4 rings (SSSR count). The zero-order valence-corrected chi connectivity index (χ0v) is 23.3. The van der Waals surface area contributed by atoms with Gasteiger partial charge in [-0.1, -0.05) is 41.4 Å². The number of hydrogen-bond donors (Lipinski definition) is 9. The number of carbonyl (C=O) groups excluding carboxylic acids is 3. The smallest absolute Gasteiger partial charge is 0.328 e. The molecule has 218 valence electrons. The van der Waals surface area contributed by atoms with Crippen molar-refractivity contribution in [3.05, 3.63) is 81.3 Å². The van der Waals surface area contributed by atoms with Crippen LogP contribution in [-0.2, 0) is 16.1 Å². The van der Waals surface area contributed by atoms with Crippen molar-refractivity contribution in [3.8, 4) is 11.1 Å². The summed E-state index contributed by atoms with van der Waals surface area (Å²) in [6, 6.07) is 13.4. The third kappa shape index (κ3) is 7.46. The number of hydrogen-bond acceptors (Lipinski definition) is 7. The first-order valence-corrected chi connectivity index (χ1v) is 13.2. The first-order chi connectivity index (χ1) is 20.0. The number of aliphatic carboxylic acids is 1. The fourth-order valence-electron chi connectivity index (χ4n) is 4.08. The lowest BCUT2D eigenvalue weighted by Crippen LogP contribution is -2.50. The molecule has 1 heterocycles. The highest BCUT2D eigenvalue weighted by molar-refractivity contribution is 6.40. The van der Waals surface area contributed by atoms with Gasteiger partial charge in [0.2, 0.25) is 5.91 Å². The summed E-state index contributed by atoms with van der Waals surface area (Å²) in [7, 11) is 0. The second-order valence-electron chi connectivity index (χ2n) is 9.14. The normalized spacial score (nSPS) is 12.3. The third-order valence-electron chi connectivity index (χ3n) is 6.13. The lowest BCUT2D eigenvalue weighted by atomic mass is 10.0. The molecule has 42 heavy (non-hydrogen) atoms. The molecule has 1 aliphatic heterocycles. The van der Waals surface area contributed by atoms with Gasteiger partial charge in [-0.3, -0.25) is 19.8 Å². The Labute approximate surface area is 249 Å². The van der Waals surface area contributed by atoms with Crippen LogP contribution >= 0.6 is 23.2 Å². The molecule has 1 atom stereocenters. The van der Waals surface area contributed by atoms with Crippen molar-refractivity contribution in [2.45, 2.75) is 12.6 Å². The second kappa shape index (κ2) is 13.2. The molecule has 0 saturated carbocycles. The van der Waals surface area contributed by atoms with Gasteiger partial charge in [-0.15, -0.1) is 0 Å². The van der Waals surface area contributed by atoms with Crippen molar-refractivity contribution < 1.29 is 24.3 Å². The molecule has 0 fully saturated rings. The van der Waals surface area contributed by atoms with Gasteiger partial charge in [-0.25, -0.2) is 10.2 Å². The average Bonchev–Trinajstić information content (AvgIpc) is 3.41. The second-order valence-corrected chi connectivity index (χ2v) is 9.95. The van der Waals surface area contributed by atoms with Crippen LogP contribution in [-0.4, -0.2) is 53.9 Å². The maximum Gasteiger partial charge on any atom is 0.328 e. The number of benzene rings is 3. The highest BCUT2D eigenvalue weighted by Gasteiger charge is 2.25. The zero-order valence-electron chi connectivity index (χ0n) is 21.8. The summed E-state index contributed by atoms with van der Waals surface area (Å²) >= 11 is 12.8. The monoisotopic (exact) mass is 612 g/mol. The first-order valence-electron chi connectivity index (χ1n) is 12.4. The van der Waals surface area contributed by atoms with Gasteiger partial charge in [0.05, 0.1) is 27.8 Å². The van der Waals surface area contributed by atoms with Gasteiger partial charge in [0.15, 0.2) is 5.96 Å². The molecule has 3 aromatic rings. The Morgan fingerprint density at radius 1 is 0.976 bits per heavy atom. The van der Waals surface area contributed by atoms with Crippen LogP contribution in [0.3, 0.4) is 0 Å². The van der Waals surface area contributed by atoms with Crippen molar-refractivity contribution in [3.63, 3.8) is 0 Å². The quantitative estimate of drug-likeness (QED) is 0.121. The molecule has 3 amide bonds. The highest BCUT2D eigenvalue weighted by atomic mass is 35.5. The molecule has 10 N–H and O–H groups in total. The van der Waals surface area contributed by atoms with E-state index >= 15 is 0 Å². The number of anilines is 2. The van der Waals surface area contributed by atoms with Gasteiger partial charge in [0, 0.05) is 24.3 Å². The van der Waals surface area contributed by atoms with Crippen LogP contribution in [0.15, 0.2) is 54.6 Å². The number of halogens is 2. The Hall–Kier alpha value is -4.85. The predicted octanol–water partition coefficient (Wildman–Crippen LogP) is 2.13. The fraction of sp³-hybridized carbons (Fsp3) is 0.148. The topological polar surface area (TPSA) is 211 Å². The first kappa shape index (κ1) is 30.1. The number of carboxylic acid groups (broad SMARTS) is 1. The summed E-state index contributed by atoms with van der Waals surface area (Å²) in [6.45, 7) is -0.250. The largest absolute Gasteiger partial charge is 0.480 e. The molecule has 0 aromatic heterocycles. The fourth-order valence-corrected chi connectivity index (χ4v) is 4.74. The highest BCUT2D eigenvalue weighted by Crippen LogP contribution is 2.34. The van der Waals surface area contributed by atoms with Gasteiger partial charge >= 0.3 is 5.97 Å². The van der Waals surface area contributed by atoms with E-state index in [1.54, 1.807) is 24.3 Å². The lowest BCUT2D eigenvalue weighted by molar-refractivity contribution is -0.139. The molecule has 0 bridgehead atoms. The van der Waals surface area contributed by atoms with E-state index in [2.05, 4.69) is 32.1 Å². The molecule has 15 heteroatoms. The average molecular weight is 613 g/mol. The zero-order chi connectivity index (χ0) is 30.4. The number of nitrogens with two attached hydrogens (primary N) is 1. The Balaban J connectivity index is 1.34. The molecule has 0 aliphatic carbocycles. The van der Waals surface area contributed by atoms with E-state index in [-0.39, 0.29) is 27.1 Å². The Bertz CT molecular complexity index is 1560. The van der Waals surface area contributed by atoms with Gasteiger partial charge in [-0.2, -0.15) is 0 Å². The maximum absolute atomic E-state index is 13.0. The Morgan fingerprint density at radius 3 is 2.40 bits per heavy atom. The van der Waals surface area contributed by atoms with Gasteiger partial charge in [-0.05, 0) is 53.1 Å². The summed E-state index contributed by atoms with van der Waals surface area (Å²) in [4.78, 5) is 49.4. The van der Waals surface area contributed by atoms with Crippen LogP contribution in [0.1, 0.15) is 26.3 Å². The number of hydrazine groups is 1. The summed E-state index contributed by atoms with van der Waals surface area (Å²) in [5.41, 5.74) is 15.3. The minimum Gasteiger partial charge on any atom is -0.480 e. The van der Waals surface area contributed by atoms with E-state index in [0.29, 0.717) is 17.8 Å². The molecule has 0 unspecified atom stereocenters. The van der Waals surface area contributed by atoms with Crippen LogP contribution in [0.5, 0.6) is 0 Å². The van der Waals surface area contributed by atoms with Crippen molar-refractivity contribution >= 4 is 64.2 Å². The molecule has 0 spiro atoms. The summed E-state index contributed by atoms with van der Waals surface area (Å²) in [5, 5.41) is 26.5. The van der Waals surface area contributed by atoms with E-state index in [1.807, 2.05) is 18.2 Å². The Morgan fingerprint density at radius 2 is 1.71 bits per heavy atom. The minimum atomic E-state index is -1.52. The van der Waals surface area contributed by atoms with Crippen LogP contribution < -0.4 is 37.9 Å². The number of fused-ring (bicyclic) bond motifs is 1.